The summed E-state index contributed by atoms with van der Waals surface area (Å²) >= 11 is 0. The topological polar surface area (TPSA) is 30.5 Å². The van der Waals surface area contributed by atoms with Crippen molar-refractivity contribution in [2.24, 2.45) is 5.92 Å². The monoisotopic (exact) mass is 291 g/mol. The molecule has 3 atom stereocenters. The first-order valence-corrected chi connectivity index (χ1v) is 8.21. The molecule has 0 spiro atoms. The van der Waals surface area contributed by atoms with Crippen LogP contribution in [0.1, 0.15) is 50.6 Å². The third kappa shape index (κ3) is 4.21. The van der Waals surface area contributed by atoms with E-state index in [1.54, 1.807) is 7.11 Å². The Bertz CT molecular complexity index is 421. The van der Waals surface area contributed by atoms with Crippen molar-refractivity contribution in [1.29, 1.82) is 0 Å². The quantitative estimate of drug-likeness (QED) is 0.825. The largest absolute Gasteiger partial charge is 0.496 e. The highest BCUT2D eigenvalue weighted by Gasteiger charge is 2.25. The number of rotatable bonds is 7. The standard InChI is InChI=1S/C18H29NO2/c1-4-14-9-5-7-11-17(14)21-13-16(19-2)15-10-6-8-12-18(15)20-3/h6,8,10,12,14,16-17,19H,4-5,7,9,11,13H2,1-3H3. The van der Waals surface area contributed by atoms with Crippen molar-refractivity contribution in [1.82, 2.24) is 5.32 Å². The molecule has 3 unspecified atom stereocenters. The van der Waals surface area contributed by atoms with E-state index in [2.05, 4.69) is 24.4 Å². The molecule has 0 saturated heterocycles. The van der Waals surface area contributed by atoms with Gasteiger partial charge in [-0.2, -0.15) is 0 Å². The Balaban J connectivity index is 1.98. The zero-order valence-corrected chi connectivity index (χ0v) is 13.6. The predicted molar refractivity (Wildman–Crippen MR) is 86.8 cm³/mol. The fourth-order valence-electron chi connectivity index (χ4n) is 3.36. The van der Waals surface area contributed by atoms with Gasteiger partial charge in [-0.1, -0.05) is 44.4 Å². The van der Waals surface area contributed by atoms with E-state index in [-0.39, 0.29) is 6.04 Å². The van der Waals surface area contributed by atoms with Crippen molar-refractivity contribution >= 4 is 0 Å². The summed E-state index contributed by atoms with van der Waals surface area (Å²) in [5.41, 5.74) is 1.17. The molecule has 0 amide bonds. The van der Waals surface area contributed by atoms with Gasteiger partial charge in [-0.25, -0.2) is 0 Å². The Morgan fingerprint density at radius 1 is 1.24 bits per heavy atom. The minimum atomic E-state index is 0.181. The molecule has 0 aliphatic heterocycles. The Morgan fingerprint density at radius 2 is 2.00 bits per heavy atom. The molecule has 1 aromatic rings. The van der Waals surface area contributed by atoms with Crippen LogP contribution < -0.4 is 10.1 Å². The van der Waals surface area contributed by atoms with Crippen molar-refractivity contribution in [2.75, 3.05) is 20.8 Å². The number of benzene rings is 1. The van der Waals surface area contributed by atoms with Gasteiger partial charge in [0.1, 0.15) is 5.75 Å². The van der Waals surface area contributed by atoms with E-state index < -0.39 is 0 Å². The van der Waals surface area contributed by atoms with E-state index in [1.165, 1.54) is 37.7 Å². The predicted octanol–water partition coefficient (Wildman–Crippen LogP) is 3.94. The molecule has 1 saturated carbocycles. The fraction of sp³-hybridized carbons (Fsp3) is 0.667. The fourth-order valence-corrected chi connectivity index (χ4v) is 3.36. The lowest BCUT2D eigenvalue weighted by Crippen LogP contribution is -2.31. The molecular weight excluding hydrogens is 262 g/mol. The first kappa shape index (κ1) is 16.3. The van der Waals surface area contributed by atoms with Gasteiger partial charge in [0.05, 0.1) is 25.9 Å². The zero-order chi connectivity index (χ0) is 15.1. The number of likely N-dealkylation sites (N-methyl/N-ethyl adjacent to an activating group) is 1. The Labute approximate surface area is 129 Å². The summed E-state index contributed by atoms with van der Waals surface area (Å²) in [4.78, 5) is 0. The smallest absolute Gasteiger partial charge is 0.123 e. The van der Waals surface area contributed by atoms with Gasteiger partial charge in [-0.15, -0.1) is 0 Å². The van der Waals surface area contributed by atoms with E-state index in [0.717, 1.165) is 11.7 Å². The van der Waals surface area contributed by atoms with Gasteiger partial charge in [-0.05, 0) is 31.9 Å². The molecule has 0 heterocycles. The third-order valence-corrected chi connectivity index (χ3v) is 4.70. The van der Waals surface area contributed by atoms with Crippen LogP contribution in [-0.4, -0.2) is 26.9 Å². The molecule has 2 rings (SSSR count). The molecule has 0 radical (unpaired) electrons. The second kappa shape index (κ2) is 8.40. The van der Waals surface area contributed by atoms with Gasteiger partial charge >= 0.3 is 0 Å². The van der Waals surface area contributed by atoms with Crippen LogP contribution in [0.15, 0.2) is 24.3 Å². The molecule has 118 valence electrons. The molecule has 21 heavy (non-hydrogen) atoms. The van der Waals surface area contributed by atoms with Crippen LogP contribution in [0.5, 0.6) is 5.75 Å². The van der Waals surface area contributed by atoms with Crippen molar-refractivity contribution in [3.63, 3.8) is 0 Å². The minimum absolute atomic E-state index is 0.181. The molecule has 1 aliphatic rings. The third-order valence-electron chi connectivity index (χ3n) is 4.70. The SMILES string of the molecule is CCC1CCCCC1OCC(NC)c1ccccc1OC. The first-order valence-electron chi connectivity index (χ1n) is 8.21. The summed E-state index contributed by atoms with van der Waals surface area (Å²) in [6.45, 7) is 2.99. The first-order chi connectivity index (χ1) is 10.3. The highest BCUT2D eigenvalue weighted by Crippen LogP contribution is 2.31. The maximum Gasteiger partial charge on any atom is 0.123 e. The lowest BCUT2D eigenvalue weighted by atomic mass is 9.85. The summed E-state index contributed by atoms with van der Waals surface area (Å²) in [6.07, 6.45) is 6.85. The van der Waals surface area contributed by atoms with E-state index >= 15 is 0 Å². The van der Waals surface area contributed by atoms with Crippen LogP contribution in [0.2, 0.25) is 0 Å². The van der Waals surface area contributed by atoms with Crippen LogP contribution in [0.4, 0.5) is 0 Å². The lowest BCUT2D eigenvalue weighted by Gasteiger charge is -2.32. The Hall–Kier alpha value is -1.06. The van der Waals surface area contributed by atoms with E-state index in [0.29, 0.717) is 12.7 Å². The minimum Gasteiger partial charge on any atom is -0.496 e. The molecule has 1 fully saturated rings. The zero-order valence-electron chi connectivity index (χ0n) is 13.6. The molecular formula is C18H29NO2. The van der Waals surface area contributed by atoms with Crippen LogP contribution in [0.3, 0.4) is 0 Å². The van der Waals surface area contributed by atoms with Gasteiger partial charge in [0, 0.05) is 5.56 Å². The number of hydrogen-bond donors (Lipinski definition) is 1. The van der Waals surface area contributed by atoms with Gasteiger partial charge < -0.3 is 14.8 Å². The maximum atomic E-state index is 6.28. The molecule has 3 nitrogen and oxygen atoms in total. The van der Waals surface area contributed by atoms with Crippen molar-refractivity contribution < 1.29 is 9.47 Å². The van der Waals surface area contributed by atoms with E-state index in [4.69, 9.17) is 9.47 Å². The van der Waals surface area contributed by atoms with Crippen molar-refractivity contribution in [3.05, 3.63) is 29.8 Å². The maximum absolute atomic E-state index is 6.28. The number of para-hydroxylation sites is 1. The molecule has 3 heteroatoms. The molecule has 0 aromatic heterocycles. The summed E-state index contributed by atoms with van der Waals surface area (Å²) in [6, 6.07) is 8.36. The van der Waals surface area contributed by atoms with Crippen LogP contribution in [0.25, 0.3) is 0 Å². The number of ether oxygens (including phenoxy) is 2. The molecule has 1 aliphatic carbocycles. The summed E-state index contributed by atoms with van der Waals surface area (Å²) < 4.78 is 11.7. The lowest BCUT2D eigenvalue weighted by molar-refractivity contribution is -0.0212. The van der Waals surface area contributed by atoms with Gasteiger partial charge in [-0.3, -0.25) is 0 Å². The average Bonchev–Trinajstić information content (AvgIpc) is 2.56. The average molecular weight is 291 g/mol. The second-order valence-corrected chi connectivity index (χ2v) is 5.91. The van der Waals surface area contributed by atoms with Crippen molar-refractivity contribution in [2.45, 2.75) is 51.2 Å². The van der Waals surface area contributed by atoms with Crippen LogP contribution >= 0.6 is 0 Å². The van der Waals surface area contributed by atoms with E-state index in [9.17, 15) is 0 Å². The van der Waals surface area contributed by atoms with Gasteiger partial charge in [0.25, 0.3) is 0 Å². The summed E-state index contributed by atoms with van der Waals surface area (Å²) in [5.74, 6) is 1.66. The highest BCUT2D eigenvalue weighted by molar-refractivity contribution is 5.35. The number of nitrogens with one attached hydrogen (secondary N) is 1. The molecule has 1 aromatic carbocycles. The normalized spacial score (nSPS) is 23.8. The Kier molecular flexibility index (Phi) is 6.52. The van der Waals surface area contributed by atoms with Crippen molar-refractivity contribution in [3.8, 4) is 5.75 Å². The Morgan fingerprint density at radius 3 is 2.71 bits per heavy atom. The molecule has 1 N–H and O–H groups in total. The van der Waals surface area contributed by atoms with E-state index in [1.807, 2.05) is 19.2 Å². The second-order valence-electron chi connectivity index (χ2n) is 5.91. The number of hydrogen-bond acceptors (Lipinski definition) is 3. The van der Waals surface area contributed by atoms with Crippen LogP contribution in [0, 0.1) is 5.92 Å². The number of methoxy groups -OCH3 is 1. The van der Waals surface area contributed by atoms with Gasteiger partial charge in [0.15, 0.2) is 0 Å². The summed E-state index contributed by atoms with van der Waals surface area (Å²) in [5, 5.41) is 3.36. The highest BCUT2D eigenvalue weighted by atomic mass is 16.5. The van der Waals surface area contributed by atoms with Crippen LogP contribution in [-0.2, 0) is 4.74 Å². The molecule has 0 bridgehead atoms. The summed E-state index contributed by atoms with van der Waals surface area (Å²) in [7, 11) is 3.71. The van der Waals surface area contributed by atoms with Gasteiger partial charge in [0.2, 0.25) is 0 Å².